The van der Waals surface area contributed by atoms with Gasteiger partial charge in [-0.25, -0.2) is 9.18 Å². The molecule has 0 unspecified atom stereocenters. The zero-order valence-corrected chi connectivity index (χ0v) is 14.6. The van der Waals surface area contributed by atoms with Gasteiger partial charge in [0.05, 0.1) is 21.3 Å². The molecule has 3 rings (SSSR count). The molecule has 0 saturated heterocycles. The van der Waals surface area contributed by atoms with Crippen LogP contribution in [0, 0.1) is 5.82 Å². The number of ether oxygens (including phenoxy) is 1. The molecule has 1 heterocycles. The predicted molar refractivity (Wildman–Crippen MR) is 94.4 cm³/mol. The van der Waals surface area contributed by atoms with Gasteiger partial charge in [0.15, 0.2) is 5.75 Å². The van der Waals surface area contributed by atoms with Gasteiger partial charge in [0.2, 0.25) is 0 Å². The van der Waals surface area contributed by atoms with Crippen molar-refractivity contribution in [1.29, 1.82) is 0 Å². The van der Waals surface area contributed by atoms with E-state index in [2.05, 4.69) is 9.99 Å². The Balaban J connectivity index is 1.81. The van der Waals surface area contributed by atoms with Crippen molar-refractivity contribution in [3.05, 3.63) is 69.0 Å². The number of carbonyl (C=O) groups is 1. The molecule has 0 fully saturated rings. The van der Waals surface area contributed by atoms with Gasteiger partial charge in [-0.2, -0.15) is 0 Å². The average Bonchev–Trinajstić information content (AvgIpc) is 2.88. The normalized spacial score (nSPS) is 15.3. The van der Waals surface area contributed by atoms with Crippen LogP contribution in [0.4, 0.5) is 4.39 Å². The van der Waals surface area contributed by atoms with Crippen LogP contribution in [-0.2, 0) is 16.2 Å². The molecule has 128 valence electrons. The number of hydrogen-bond acceptors (Lipinski definition) is 4. The van der Waals surface area contributed by atoms with Crippen LogP contribution in [0.25, 0.3) is 6.08 Å². The molecule has 0 N–H and O–H groups in total. The van der Waals surface area contributed by atoms with E-state index in [1.54, 1.807) is 37.3 Å². The van der Waals surface area contributed by atoms with E-state index in [4.69, 9.17) is 27.9 Å². The average molecular weight is 380 g/mol. The van der Waals surface area contributed by atoms with Crippen molar-refractivity contribution in [2.45, 2.75) is 13.5 Å². The van der Waals surface area contributed by atoms with Crippen LogP contribution in [-0.4, -0.2) is 11.7 Å². The lowest BCUT2D eigenvalue weighted by atomic mass is 10.1. The molecule has 4 nitrogen and oxygen atoms in total. The molecule has 0 aliphatic carbocycles. The van der Waals surface area contributed by atoms with Gasteiger partial charge in [0, 0.05) is 0 Å². The van der Waals surface area contributed by atoms with E-state index in [1.807, 2.05) is 0 Å². The van der Waals surface area contributed by atoms with E-state index in [0.717, 1.165) is 5.56 Å². The Labute approximate surface area is 153 Å². The van der Waals surface area contributed by atoms with Crippen molar-refractivity contribution >= 4 is 41.0 Å². The van der Waals surface area contributed by atoms with E-state index in [1.165, 1.54) is 12.1 Å². The Hall–Kier alpha value is -2.37. The van der Waals surface area contributed by atoms with E-state index in [9.17, 15) is 9.18 Å². The summed E-state index contributed by atoms with van der Waals surface area (Å²) < 4.78 is 18.6. The summed E-state index contributed by atoms with van der Waals surface area (Å²) in [6.45, 7) is 1.86. The molecule has 0 aromatic heterocycles. The number of halogens is 3. The van der Waals surface area contributed by atoms with Crippen molar-refractivity contribution in [2.24, 2.45) is 5.16 Å². The van der Waals surface area contributed by atoms with Crippen LogP contribution < -0.4 is 4.74 Å². The van der Waals surface area contributed by atoms with Gasteiger partial charge in [-0.05, 0) is 48.4 Å². The largest absolute Gasteiger partial charge is 0.486 e. The zero-order valence-electron chi connectivity index (χ0n) is 13.1. The number of nitrogens with zero attached hydrogens (tertiary/aromatic N) is 1. The highest BCUT2D eigenvalue weighted by Crippen LogP contribution is 2.35. The summed E-state index contributed by atoms with van der Waals surface area (Å²) in [6.07, 6.45) is 1.59. The number of benzene rings is 2. The number of oxime groups is 1. The van der Waals surface area contributed by atoms with Crippen LogP contribution in [0.1, 0.15) is 18.1 Å². The third-order valence-electron chi connectivity index (χ3n) is 3.50. The molecule has 0 radical (unpaired) electrons. The molecule has 0 spiro atoms. The Morgan fingerprint density at radius 2 is 1.84 bits per heavy atom. The SMILES string of the molecule is CC1=NOC(=O)/C1=C\c1cc(Cl)c(OCc2ccc(F)cc2)c(Cl)c1. The first-order chi connectivity index (χ1) is 11.9. The maximum absolute atomic E-state index is 12.9. The number of rotatable bonds is 4. The molecule has 25 heavy (non-hydrogen) atoms. The minimum atomic E-state index is -0.526. The maximum Gasteiger partial charge on any atom is 0.367 e. The van der Waals surface area contributed by atoms with Crippen molar-refractivity contribution in [3.8, 4) is 5.75 Å². The molecular weight excluding hydrogens is 368 g/mol. The molecule has 2 aromatic rings. The van der Waals surface area contributed by atoms with Crippen molar-refractivity contribution in [3.63, 3.8) is 0 Å². The van der Waals surface area contributed by atoms with Gasteiger partial charge in [0.1, 0.15) is 12.4 Å². The molecule has 0 amide bonds. The summed E-state index contributed by atoms with van der Waals surface area (Å²) in [5.41, 5.74) is 2.22. The third-order valence-corrected chi connectivity index (χ3v) is 4.06. The predicted octanol–water partition coefficient (Wildman–Crippen LogP) is 5.03. The maximum atomic E-state index is 12.9. The zero-order chi connectivity index (χ0) is 18.0. The second kappa shape index (κ2) is 7.25. The monoisotopic (exact) mass is 379 g/mol. The Morgan fingerprint density at radius 3 is 2.40 bits per heavy atom. The van der Waals surface area contributed by atoms with Crippen molar-refractivity contribution in [2.75, 3.05) is 0 Å². The topological polar surface area (TPSA) is 47.9 Å². The van der Waals surface area contributed by atoms with Crippen LogP contribution in [0.3, 0.4) is 0 Å². The lowest BCUT2D eigenvalue weighted by Gasteiger charge is -2.11. The highest BCUT2D eigenvalue weighted by atomic mass is 35.5. The molecule has 7 heteroatoms. The molecular formula is C18H12Cl2FNO3. The Kier molecular flexibility index (Phi) is 5.06. The second-order valence-electron chi connectivity index (χ2n) is 5.34. The summed E-state index contributed by atoms with van der Waals surface area (Å²) in [6, 6.07) is 9.18. The smallest absolute Gasteiger partial charge is 0.367 e. The first kappa shape index (κ1) is 17.5. The van der Waals surface area contributed by atoms with Gasteiger partial charge in [-0.1, -0.05) is 40.5 Å². The van der Waals surface area contributed by atoms with E-state index < -0.39 is 5.97 Å². The van der Waals surface area contributed by atoms with E-state index in [0.29, 0.717) is 32.6 Å². The van der Waals surface area contributed by atoms with E-state index >= 15 is 0 Å². The van der Waals surface area contributed by atoms with E-state index in [-0.39, 0.29) is 12.4 Å². The van der Waals surface area contributed by atoms with Crippen LogP contribution in [0.2, 0.25) is 10.0 Å². The number of hydrogen-bond donors (Lipinski definition) is 0. The van der Waals surface area contributed by atoms with Gasteiger partial charge in [-0.3, -0.25) is 0 Å². The van der Waals surface area contributed by atoms with Crippen LogP contribution in [0.15, 0.2) is 47.1 Å². The standard InChI is InChI=1S/C18H12Cl2FNO3/c1-10-14(18(23)25-22-10)6-12-7-15(19)17(16(20)8-12)24-9-11-2-4-13(21)5-3-11/h2-8H,9H2,1H3/b14-6-. The van der Waals surface area contributed by atoms with Gasteiger partial charge >= 0.3 is 5.97 Å². The van der Waals surface area contributed by atoms with Gasteiger partial charge < -0.3 is 9.57 Å². The Bertz CT molecular complexity index is 869. The van der Waals surface area contributed by atoms with Crippen molar-refractivity contribution in [1.82, 2.24) is 0 Å². The van der Waals surface area contributed by atoms with Gasteiger partial charge in [0.25, 0.3) is 0 Å². The lowest BCUT2D eigenvalue weighted by Crippen LogP contribution is -2.02. The molecule has 2 aromatic carbocycles. The van der Waals surface area contributed by atoms with Crippen LogP contribution in [0.5, 0.6) is 5.75 Å². The second-order valence-corrected chi connectivity index (χ2v) is 6.16. The first-order valence-corrected chi connectivity index (χ1v) is 8.04. The summed E-state index contributed by atoms with van der Waals surface area (Å²) in [4.78, 5) is 16.2. The third kappa shape index (κ3) is 4.00. The molecule has 1 aliphatic heterocycles. The lowest BCUT2D eigenvalue weighted by molar-refractivity contribution is -0.136. The molecule has 0 atom stereocenters. The summed E-state index contributed by atoms with van der Waals surface area (Å²) >= 11 is 12.5. The minimum absolute atomic E-state index is 0.193. The molecule has 0 bridgehead atoms. The van der Waals surface area contributed by atoms with Crippen molar-refractivity contribution < 1.29 is 18.8 Å². The first-order valence-electron chi connectivity index (χ1n) is 7.28. The highest BCUT2D eigenvalue weighted by molar-refractivity contribution is 6.37. The fourth-order valence-corrected chi connectivity index (χ4v) is 2.84. The highest BCUT2D eigenvalue weighted by Gasteiger charge is 2.22. The molecule has 1 aliphatic rings. The number of carbonyl (C=O) groups excluding carboxylic acids is 1. The summed E-state index contributed by atoms with van der Waals surface area (Å²) in [7, 11) is 0. The fraction of sp³-hybridized carbons (Fsp3) is 0.111. The van der Waals surface area contributed by atoms with Gasteiger partial charge in [-0.15, -0.1) is 0 Å². The van der Waals surface area contributed by atoms with Crippen LogP contribution >= 0.6 is 23.2 Å². The Morgan fingerprint density at radius 1 is 1.20 bits per heavy atom. The summed E-state index contributed by atoms with van der Waals surface area (Å²) in [5.74, 6) is -0.531. The summed E-state index contributed by atoms with van der Waals surface area (Å²) in [5, 5.41) is 4.20. The fourth-order valence-electron chi connectivity index (χ4n) is 2.22. The quantitative estimate of drug-likeness (QED) is 0.552. The minimum Gasteiger partial charge on any atom is -0.486 e. The molecule has 0 saturated carbocycles.